The minimum atomic E-state index is -1.50. The van der Waals surface area contributed by atoms with Crippen LogP contribution in [-0.2, 0) is 57.2 Å². The van der Waals surface area contributed by atoms with Crippen molar-refractivity contribution >= 4 is 35.6 Å². The van der Waals surface area contributed by atoms with Crippen molar-refractivity contribution in [1.82, 2.24) is 20.4 Å². The van der Waals surface area contributed by atoms with Gasteiger partial charge in [-0.2, -0.15) is 0 Å². The van der Waals surface area contributed by atoms with Gasteiger partial charge in [0.05, 0.1) is 24.3 Å². The lowest BCUT2D eigenvalue weighted by Crippen LogP contribution is -2.68. The summed E-state index contributed by atoms with van der Waals surface area (Å²) in [6, 6.07) is 7.77. The average molecular weight is 1310 g/mol. The zero-order valence-corrected chi connectivity index (χ0v) is 51.6. The number of aliphatic carboxylic acids is 2. The first-order valence-corrected chi connectivity index (χ1v) is 31.4. The van der Waals surface area contributed by atoms with Crippen LogP contribution in [0.5, 0.6) is 0 Å². The predicted octanol–water partition coefficient (Wildman–Crippen LogP) is -5.73. The van der Waals surface area contributed by atoms with Gasteiger partial charge in [-0.1, -0.05) is 112 Å². The number of amides is 4. The van der Waals surface area contributed by atoms with Crippen LogP contribution in [-0.4, -0.2) is 261 Å². The smallest absolute Gasteiger partial charge is 0.322 e. The van der Waals surface area contributed by atoms with Crippen molar-refractivity contribution in [3.63, 3.8) is 0 Å². The summed E-state index contributed by atoms with van der Waals surface area (Å²) in [5, 5.41) is 88.6. The highest BCUT2D eigenvalue weighted by Crippen LogP contribution is 2.33. The van der Waals surface area contributed by atoms with Crippen LogP contribution in [0, 0.1) is 0 Å². The van der Waals surface area contributed by atoms with E-state index in [1.165, 1.54) is 9.80 Å². The van der Waals surface area contributed by atoms with Crippen molar-refractivity contribution < 1.29 is 98.0 Å². The lowest BCUT2D eigenvalue weighted by atomic mass is 9.84. The Labute approximate surface area is 533 Å². The van der Waals surface area contributed by atoms with E-state index in [1.54, 1.807) is 60.7 Å². The molecule has 6 rings (SSSR count). The molecule has 4 amide bonds. The molecule has 32 nitrogen and oxygen atoms in total. The van der Waals surface area contributed by atoms with Crippen molar-refractivity contribution in [1.29, 1.82) is 0 Å². The van der Waals surface area contributed by atoms with Crippen molar-refractivity contribution in [2.24, 2.45) is 45.9 Å². The zero-order chi connectivity index (χ0) is 67.3. The molecule has 26 N–H and O–H groups in total. The molecule has 2 aliphatic heterocycles. The number of ether oxygens (including phenoxy) is 6. The summed E-state index contributed by atoms with van der Waals surface area (Å²) in [5.74, 6) is -5.56. The Hall–Kier alpha value is -5.54. The normalized spacial score (nSPS) is 32.2. The fourth-order valence-corrected chi connectivity index (χ4v) is 12.1. The average Bonchev–Trinajstić information content (AvgIpc) is 0.818. The Bertz CT molecular complexity index is 2440. The van der Waals surface area contributed by atoms with E-state index in [9.17, 15) is 69.6 Å². The van der Waals surface area contributed by atoms with Gasteiger partial charge in [-0.15, -0.1) is 0 Å². The van der Waals surface area contributed by atoms with E-state index in [1.807, 2.05) is 0 Å². The van der Waals surface area contributed by atoms with Crippen LogP contribution < -0.4 is 56.5 Å². The maximum atomic E-state index is 14.5. The van der Waals surface area contributed by atoms with E-state index < -0.39 is 196 Å². The molecule has 518 valence electrons. The van der Waals surface area contributed by atoms with Crippen LogP contribution in [0.3, 0.4) is 0 Å². The highest BCUT2D eigenvalue weighted by molar-refractivity contribution is 5.91. The van der Waals surface area contributed by atoms with Gasteiger partial charge in [-0.3, -0.25) is 28.8 Å². The first-order valence-electron chi connectivity index (χ1n) is 31.4. The molecule has 0 aromatic heterocycles. The van der Waals surface area contributed by atoms with E-state index in [0.717, 1.165) is 38.5 Å². The Balaban J connectivity index is 1.06. The molecule has 0 spiro atoms. The molecule has 2 aliphatic carbocycles. The summed E-state index contributed by atoms with van der Waals surface area (Å²) in [4.78, 5) is 82.6. The van der Waals surface area contributed by atoms with Gasteiger partial charge in [-0.25, -0.2) is 0 Å². The van der Waals surface area contributed by atoms with E-state index in [2.05, 4.69) is 10.6 Å². The van der Waals surface area contributed by atoms with Crippen molar-refractivity contribution in [2.75, 3.05) is 52.5 Å². The Kier molecular flexibility index (Phi) is 30.3. The van der Waals surface area contributed by atoms with Gasteiger partial charge < -0.3 is 136 Å². The Morgan fingerprint density at radius 2 is 0.793 bits per heavy atom. The van der Waals surface area contributed by atoms with E-state index in [4.69, 9.17) is 74.3 Å². The maximum Gasteiger partial charge on any atom is 0.322 e. The summed E-state index contributed by atoms with van der Waals surface area (Å²) < 4.78 is 36.1. The van der Waals surface area contributed by atoms with Crippen molar-refractivity contribution in [3.05, 3.63) is 71.8 Å². The number of carbonyl (C=O) groups excluding carboxylic acids is 4. The van der Waals surface area contributed by atoms with Crippen LogP contribution in [0.15, 0.2) is 60.7 Å². The number of aliphatic hydroxyl groups is 6. The van der Waals surface area contributed by atoms with Gasteiger partial charge in [0.2, 0.25) is 23.6 Å². The molecule has 0 bridgehead atoms. The topological polar surface area (TPSA) is 558 Å². The fourth-order valence-electron chi connectivity index (χ4n) is 12.1. The molecule has 0 radical (unpaired) electrons. The van der Waals surface area contributed by atoms with Crippen LogP contribution in [0.1, 0.15) is 100 Å². The van der Waals surface area contributed by atoms with Crippen LogP contribution in [0.25, 0.3) is 0 Å². The van der Waals surface area contributed by atoms with Gasteiger partial charge in [0.25, 0.3) is 0 Å². The summed E-state index contributed by atoms with van der Waals surface area (Å²) in [5.41, 5.74) is 50.2. The third-order valence-electron chi connectivity index (χ3n) is 17.3. The Morgan fingerprint density at radius 3 is 1.11 bits per heavy atom. The third-order valence-corrected chi connectivity index (χ3v) is 17.3. The van der Waals surface area contributed by atoms with E-state index in [0.29, 0.717) is 36.8 Å². The lowest BCUT2D eigenvalue weighted by Gasteiger charge is -2.46. The second-order valence-corrected chi connectivity index (χ2v) is 24.1. The molecular weight excluding hydrogens is 1210 g/mol. The van der Waals surface area contributed by atoms with E-state index in [-0.39, 0.29) is 39.0 Å². The van der Waals surface area contributed by atoms with Gasteiger partial charge >= 0.3 is 11.9 Å². The number of carboxylic acid groups (broad SMARTS) is 2. The number of aliphatic hydroxyl groups excluding tert-OH is 6. The second-order valence-electron chi connectivity index (χ2n) is 24.1. The van der Waals surface area contributed by atoms with Gasteiger partial charge in [0.15, 0.2) is 12.6 Å². The monoisotopic (exact) mass is 1310 g/mol. The maximum absolute atomic E-state index is 14.5. The minimum Gasteiger partial charge on any atom is -0.480 e. The zero-order valence-electron chi connectivity index (χ0n) is 51.6. The van der Waals surface area contributed by atoms with Gasteiger partial charge in [0.1, 0.15) is 99.4 Å². The largest absolute Gasteiger partial charge is 0.480 e. The summed E-state index contributed by atoms with van der Waals surface area (Å²) in [6.45, 7) is -3.25. The number of carbonyl (C=O) groups is 6. The lowest BCUT2D eigenvalue weighted by molar-refractivity contribution is -0.290. The molecule has 2 heterocycles. The molecule has 22 atom stereocenters. The quantitative estimate of drug-likeness (QED) is 0.0286. The number of nitrogens with two attached hydrogens (primary N) is 8. The first-order chi connectivity index (χ1) is 43.9. The molecule has 4 aliphatic rings. The SMILES string of the molecule is NC[C@H]1O[C@H](O[C@H]2[C@H](OCC(=O)N(CCCCCCCCCCCCN(C(=O)CO[C@@H]3[C@@H](O)[C@H](N)C[C@H](N)[C@H]3O[C@H]3O[C@H](CN)[C@@H](O)[C@H](O)[C@H]3N)C(C(=O)NCC(=O)O)c3ccccc3)C(C(=O)NCC(=O)O)c3ccccc3)[C@@H](O)[C@H](N)C[C@@H]2N)[C@H](N)[C@@H](O)[C@@H]1O. The number of rotatable bonds is 35. The van der Waals surface area contributed by atoms with Crippen LogP contribution in [0.2, 0.25) is 0 Å². The standard InChI is InChI=1S/C60H98N12O20/c61-25-37-49(81)51(83)43(67)59(89-37)91-53-35(65)23-33(63)47(79)55(53)87-29-39(73)71(45(31-17-11-9-12-18-31)57(85)69-27-41(75)76)21-15-7-5-3-1-2-4-6-8-16-22-72(46(32-19-13-10-14-20-32)58(86)70-28-42(77)78)40(74)30-88-56-48(80)34(64)24-36(66)54(56)92-60-44(68)52(84)50(82)38(26-62)90-60/h9-14,17-20,33-38,43-56,59-60,79-84H,1-8,15-16,21-30,61-68H2,(H,69,85)(H,70,86)(H,75,76)(H,77,78)/t33-,34-,35+,36+,37-,38-,43-,44-,45?,46?,47+,48+,49-,50-,51-,52-,53-,54-,55-,56-,59-,60-/m1/s1. The molecule has 2 saturated heterocycles. The first kappa shape index (κ1) is 75.5. The number of hydrogen-bond acceptors (Lipinski definition) is 26. The molecule has 32 heteroatoms. The summed E-state index contributed by atoms with van der Waals surface area (Å²) >= 11 is 0. The third kappa shape index (κ3) is 20.5. The van der Waals surface area contributed by atoms with Crippen molar-refractivity contribution in [2.45, 2.75) is 211 Å². The van der Waals surface area contributed by atoms with Crippen LogP contribution >= 0.6 is 0 Å². The molecule has 4 fully saturated rings. The number of unbranched alkanes of at least 4 members (excludes halogenated alkanes) is 9. The summed E-state index contributed by atoms with van der Waals surface area (Å²) in [7, 11) is 0. The van der Waals surface area contributed by atoms with E-state index >= 15 is 0 Å². The fraction of sp³-hybridized carbons (Fsp3) is 0.700. The second kappa shape index (κ2) is 36.9. The van der Waals surface area contributed by atoms with Gasteiger partial charge in [-0.05, 0) is 36.8 Å². The molecule has 2 saturated carbocycles. The molecule has 2 aromatic rings. The molecule has 2 unspecified atom stereocenters. The Morgan fingerprint density at radius 1 is 0.467 bits per heavy atom. The molecule has 2 aromatic carbocycles. The highest BCUT2D eigenvalue weighted by Gasteiger charge is 2.51. The highest BCUT2D eigenvalue weighted by atomic mass is 16.7. The predicted molar refractivity (Wildman–Crippen MR) is 327 cm³/mol. The number of benzene rings is 2. The number of nitrogens with one attached hydrogen (secondary N) is 2. The minimum absolute atomic E-state index is 0.0247. The summed E-state index contributed by atoms with van der Waals surface area (Å²) in [6.07, 6.45) is -11.8. The number of hydrogen-bond donors (Lipinski definition) is 18. The van der Waals surface area contributed by atoms with Gasteiger partial charge in [0, 0.05) is 50.3 Å². The molecular formula is C60H98N12O20. The molecule has 92 heavy (non-hydrogen) atoms. The van der Waals surface area contributed by atoms with Crippen LogP contribution in [0.4, 0.5) is 0 Å². The van der Waals surface area contributed by atoms with Crippen molar-refractivity contribution in [3.8, 4) is 0 Å². The number of carboxylic acids is 2. The number of nitrogens with zero attached hydrogens (tertiary/aromatic N) is 2.